The molecule has 0 bridgehead atoms. The van der Waals surface area contributed by atoms with Gasteiger partial charge >= 0.3 is 6.03 Å². The van der Waals surface area contributed by atoms with Crippen LogP contribution in [0.1, 0.15) is 75.5 Å². The van der Waals surface area contributed by atoms with Gasteiger partial charge in [0.2, 0.25) is 0 Å². The Bertz CT molecular complexity index is 889. The van der Waals surface area contributed by atoms with Crippen molar-refractivity contribution in [2.45, 2.75) is 82.3 Å². The van der Waals surface area contributed by atoms with Gasteiger partial charge in [-0.05, 0) is 74.8 Å². The van der Waals surface area contributed by atoms with Crippen LogP contribution in [0, 0.1) is 5.92 Å². The number of imide groups is 1. The Balaban J connectivity index is 1.28. The summed E-state index contributed by atoms with van der Waals surface area (Å²) in [5.41, 5.74) is 4.48. The van der Waals surface area contributed by atoms with Crippen molar-refractivity contribution in [3.05, 3.63) is 35.4 Å². The van der Waals surface area contributed by atoms with Crippen LogP contribution >= 0.6 is 0 Å². The van der Waals surface area contributed by atoms with Gasteiger partial charge < -0.3 is 5.32 Å². The molecule has 166 valence electrons. The smallest absolute Gasteiger partial charge is 0.322 e. The molecule has 1 heterocycles. The molecule has 1 aromatic carbocycles. The average Bonchev–Trinajstić information content (AvgIpc) is 3.59. The first-order valence-corrected chi connectivity index (χ1v) is 11.8. The van der Waals surface area contributed by atoms with Crippen LogP contribution in [0.25, 0.3) is 0 Å². The number of rotatable bonds is 5. The zero-order valence-electron chi connectivity index (χ0n) is 18.2. The normalized spacial score (nSPS) is 30.5. The molecule has 31 heavy (non-hydrogen) atoms. The Morgan fingerprint density at radius 1 is 1.16 bits per heavy atom. The minimum Gasteiger partial charge on any atom is -0.322 e. The highest BCUT2D eigenvalue weighted by Gasteiger charge is 2.53. The van der Waals surface area contributed by atoms with Crippen molar-refractivity contribution in [2.24, 2.45) is 5.92 Å². The molecule has 2 N–H and O–H groups in total. The van der Waals surface area contributed by atoms with Crippen LogP contribution in [0.5, 0.6) is 0 Å². The molecule has 0 aromatic heterocycles. The number of nitrogens with one attached hydrogen (secondary N) is 2. The molecule has 5 rings (SSSR count). The van der Waals surface area contributed by atoms with Crippen molar-refractivity contribution < 1.29 is 14.4 Å². The second-order valence-corrected chi connectivity index (χ2v) is 9.88. The lowest BCUT2D eigenvalue weighted by molar-refractivity contribution is -0.140. The molecule has 4 aliphatic rings. The highest BCUT2D eigenvalue weighted by molar-refractivity contribution is 6.08. The minimum atomic E-state index is -0.838. The van der Waals surface area contributed by atoms with E-state index in [0.717, 1.165) is 50.0 Å². The number of nitrogens with zero attached hydrogens (tertiary/aromatic N) is 2. The SMILES string of the molecule is CC1CCC2(CC1)NC(=O)N(NC(=O)CN(C1CC1)C1CCCc3ccccc31)C2=O. The topological polar surface area (TPSA) is 81.8 Å². The molecule has 1 spiro atoms. The predicted octanol–water partition coefficient (Wildman–Crippen LogP) is 3.06. The van der Waals surface area contributed by atoms with Crippen LogP contribution in [0.4, 0.5) is 4.79 Å². The minimum absolute atomic E-state index is 0.199. The van der Waals surface area contributed by atoms with Gasteiger partial charge in [-0.1, -0.05) is 31.2 Å². The highest BCUT2D eigenvalue weighted by atomic mass is 16.2. The maximum absolute atomic E-state index is 13.0. The third-order valence-corrected chi connectivity index (χ3v) is 7.61. The quantitative estimate of drug-likeness (QED) is 0.712. The Kier molecular flexibility index (Phi) is 5.24. The van der Waals surface area contributed by atoms with E-state index in [1.165, 1.54) is 11.1 Å². The Morgan fingerprint density at radius 3 is 2.65 bits per heavy atom. The van der Waals surface area contributed by atoms with E-state index in [-0.39, 0.29) is 24.4 Å². The van der Waals surface area contributed by atoms with Crippen LogP contribution < -0.4 is 10.7 Å². The molecule has 1 atom stereocenters. The number of carbonyl (C=O) groups excluding carboxylic acids is 3. The number of benzene rings is 1. The van der Waals surface area contributed by atoms with Crippen LogP contribution in [-0.4, -0.2) is 45.9 Å². The van der Waals surface area contributed by atoms with Crippen molar-refractivity contribution in [3.8, 4) is 0 Å². The van der Waals surface area contributed by atoms with Gasteiger partial charge in [0, 0.05) is 12.1 Å². The third-order valence-electron chi connectivity index (χ3n) is 7.61. The zero-order chi connectivity index (χ0) is 21.6. The predicted molar refractivity (Wildman–Crippen MR) is 116 cm³/mol. The summed E-state index contributed by atoms with van der Waals surface area (Å²) in [6.45, 7) is 2.37. The molecule has 7 nitrogen and oxygen atoms in total. The van der Waals surface area contributed by atoms with Gasteiger partial charge in [0.15, 0.2) is 0 Å². The lowest BCUT2D eigenvalue weighted by atomic mass is 9.77. The Morgan fingerprint density at radius 2 is 1.90 bits per heavy atom. The van der Waals surface area contributed by atoms with E-state index in [1.54, 1.807) is 0 Å². The van der Waals surface area contributed by atoms with Crippen molar-refractivity contribution in [1.29, 1.82) is 0 Å². The highest BCUT2D eigenvalue weighted by Crippen LogP contribution is 2.40. The van der Waals surface area contributed by atoms with Crippen LogP contribution in [0.2, 0.25) is 0 Å². The maximum atomic E-state index is 13.0. The molecular weight excluding hydrogens is 392 g/mol. The molecule has 1 unspecified atom stereocenters. The standard InChI is InChI=1S/C24H32N4O3/c1-16-11-13-24(14-12-16)22(30)28(23(31)25-24)26-21(29)15-27(18-9-10-18)20-8-4-6-17-5-2-3-7-19(17)20/h2-3,5,7,16,18,20H,4,6,8-15H2,1H3,(H,25,31)(H,26,29). The van der Waals surface area contributed by atoms with Gasteiger partial charge in [-0.3, -0.25) is 19.9 Å². The number of urea groups is 1. The number of fused-ring (bicyclic) bond motifs is 1. The maximum Gasteiger partial charge on any atom is 0.344 e. The molecule has 7 heteroatoms. The second-order valence-electron chi connectivity index (χ2n) is 9.88. The molecule has 1 aromatic rings. The van der Waals surface area contributed by atoms with E-state index >= 15 is 0 Å². The molecular formula is C24H32N4O3. The van der Waals surface area contributed by atoms with Gasteiger partial charge in [0.25, 0.3) is 11.8 Å². The second kappa shape index (κ2) is 7.93. The molecule has 0 radical (unpaired) electrons. The molecule has 3 fully saturated rings. The van der Waals surface area contributed by atoms with Crippen LogP contribution in [0.3, 0.4) is 0 Å². The molecule has 4 amide bonds. The van der Waals surface area contributed by atoms with Crippen molar-refractivity contribution >= 4 is 17.8 Å². The van der Waals surface area contributed by atoms with Gasteiger partial charge in [-0.2, -0.15) is 5.01 Å². The number of amides is 4. The summed E-state index contributed by atoms with van der Waals surface area (Å²) < 4.78 is 0. The lowest BCUT2D eigenvalue weighted by Gasteiger charge is -2.36. The summed E-state index contributed by atoms with van der Waals surface area (Å²) in [5, 5.41) is 3.80. The van der Waals surface area contributed by atoms with Crippen molar-refractivity contribution in [2.75, 3.05) is 6.54 Å². The fraction of sp³-hybridized carbons (Fsp3) is 0.625. The first kappa shape index (κ1) is 20.5. The van der Waals surface area contributed by atoms with E-state index in [4.69, 9.17) is 0 Å². The molecule has 1 aliphatic heterocycles. The van der Waals surface area contributed by atoms with E-state index in [2.05, 4.69) is 46.8 Å². The van der Waals surface area contributed by atoms with E-state index in [1.807, 2.05) is 0 Å². The summed E-state index contributed by atoms with van der Waals surface area (Å²) >= 11 is 0. The van der Waals surface area contributed by atoms with Gasteiger partial charge in [-0.25, -0.2) is 4.79 Å². The average molecular weight is 425 g/mol. The third kappa shape index (κ3) is 3.84. The summed E-state index contributed by atoms with van der Waals surface area (Å²) in [5.74, 6) is -0.0390. The van der Waals surface area contributed by atoms with Crippen LogP contribution in [-0.2, 0) is 16.0 Å². The Hall–Kier alpha value is -2.41. The van der Waals surface area contributed by atoms with Gasteiger partial charge in [0.1, 0.15) is 5.54 Å². The number of hydrogen-bond acceptors (Lipinski definition) is 4. The summed E-state index contributed by atoms with van der Waals surface area (Å²) in [6, 6.07) is 8.62. The molecule has 3 aliphatic carbocycles. The fourth-order valence-electron chi connectivity index (χ4n) is 5.61. The molecule has 1 saturated heterocycles. The number of hydrazine groups is 1. The lowest BCUT2D eigenvalue weighted by Crippen LogP contribution is -2.53. The largest absolute Gasteiger partial charge is 0.344 e. The van der Waals surface area contributed by atoms with E-state index in [0.29, 0.717) is 24.8 Å². The monoisotopic (exact) mass is 424 g/mol. The van der Waals surface area contributed by atoms with Crippen LogP contribution in [0.15, 0.2) is 24.3 Å². The van der Waals surface area contributed by atoms with Crippen molar-refractivity contribution in [3.63, 3.8) is 0 Å². The summed E-state index contributed by atoms with van der Waals surface area (Å²) in [4.78, 5) is 40.9. The number of aryl methyl sites for hydroxylation is 1. The first-order chi connectivity index (χ1) is 15.0. The van der Waals surface area contributed by atoms with Gasteiger partial charge in [-0.15, -0.1) is 0 Å². The molecule has 2 saturated carbocycles. The summed E-state index contributed by atoms with van der Waals surface area (Å²) in [6.07, 6.45) is 8.50. The fourth-order valence-corrected chi connectivity index (χ4v) is 5.61. The summed E-state index contributed by atoms with van der Waals surface area (Å²) in [7, 11) is 0. The van der Waals surface area contributed by atoms with E-state index < -0.39 is 11.6 Å². The Labute approximate surface area is 183 Å². The van der Waals surface area contributed by atoms with E-state index in [9.17, 15) is 14.4 Å². The number of carbonyl (C=O) groups is 3. The van der Waals surface area contributed by atoms with Gasteiger partial charge in [0.05, 0.1) is 6.54 Å². The zero-order valence-corrected chi connectivity index (χ0v) is 18.2. The van der Waals surface area contributed by atoms with Crippen molar-refractivity contribution in [1.82, 2.24) is 20.7 Å². The first-order valence-electron chi connectivity index (χ1n) is 11.8. The number of hydrogen-bond donors (Lipinski definition) is 2.